The Morgan fingerprint density at radius 1 is 0.714 bits per heavy atom. The zero-order chi connectivity index (χ0) is 39.2. The van der Waals surface area contributed by atoms with Crippen LogP contribution in [0.1, 0.15) is 64.5 Å². The molecule has 0 amide bonds. The van der Waals surface area contributed by atoms with Crippen molar-refractivity contribution in [3.63, 3.8) is 0 Å². The Labute approximate surface area is 328 Å². The third-order valence-corrected chi connectivity index (χ3v) is 11.8. The predicted molar refractivity (Wildman–Crippen MR) is 227 cm³/mol. The van der Waals surface area contributed by atoms with Crippen molar-refractivity contribution in [2.45, 2.75) is 64.2 Å². The molecule has 1 aliphatic carbocycles. The molecule has 0 aromatic heterocycles. The standard InChI is InChI=1S/C49H47N3O4/c1-48(2)41(51(30-28-43(53)54)39-24-20-32-12-8-10-16-37(32)45(39)48)26-22-34-18-19-35(47(34)50-36-14-6-5-7-15-36)23-27-42-49(3,4)46-38-17-11-9-13-33(38)21-25-40(46)52(42)31-29-44(55)56/h5-17,20-27H,18-19,28-31H2,1-4H3,(H2,53,54,55,56)/p+1/b34-22+,41-26+. The van der Waals surface area contributed by atoms with Crippen LogP contribution < -0.4 is 10.2 Å². The topological polar surface area (TPSA) is 92.9 Å². The summed E-state index contributed by atoms with van der Waals surface area (Å²) in [4.78, 5) is 25.9. The first kappa shape index (κ1) is 36.8. The summed E-state index contributed by atoms with van der Waals surface area (Å²) in [7, 11) is 0. The van der Waals surface area contributed by atoms with Crippen LogP contribution >= 0.6 is 0 Å². The molecule has 5 aromatic carbocycles. The minimum atomic E-state index is -0.819. The Kier molecular flexibility index (Phi) is 9.49. The lowest BCUT2D eigenvalue weighted by Gasteiger charge is -2.27. The van der Waals surface area contributed by atoms with Gasteiger partial charge in [0.2, 0.25) is 5.69 Å². The summed E-state index contributed by atoms with van der Waals surface area (Å²) < 4.78 is 2.20. The molecule has 7 nitrogen and oxygen atoms in total. The van der Waals surface area contributed by atoms with E-state index < -0.39 is 11.9 Å². The van der Waals surface area contributed by atoms with Gasteiger partial charge in [0.1, 0.15) is 6.42 Å². The maximum Gasteiger partial charge on any atom is 0.309 e. The normalized spacial score (nSPS) is 18.5. The van der Waals surface area contributed by atoms with E-state index in [0.29, 0.717) is 13.1 Å². The highest BCUT2D eigenvalue weighted by Gasteiger charge is 2.46. The molecule has 56 heavy (non-hydrogen) atoms. The molecule has 8 rings (SSSR count). The van der Waals surface area contributed by atoms with Crippen molar-refractivity contribution in [1.82, 2.24) is 0 Å². The number of carboxylic acids is 2. The van der Waals surface area contributed by atoms with Crippen molar-refractivity contribution in [2.75, 3.05) is 23.3 Å². The molecule has 0 bridgehead atoms. The number of hydrogen-bond donors (Lipinski definition) is 3. The van der Waals surface area contributed by atoms with E-state index in [-0.39, 0.29) is 23.7 Å². The van der Waals surface area contributed by atoms with Crippen LogP contribution in [-0.2, 0) is 20.4 Å². The maximum atomic E-state index is 11.9. The van der Waals surface area contributed by atoms with Gasteiger partial charge in [-0.25, -0.2) is 0 Å². The Bertz CT molecular complexity index is 2570. The minimum Gasteiger partial charge on any atom is -0.481 e. The van der Waals surface area contributed by atoms with E-state index in [1.165, 1.54) is 43.8 Å². The molecule has 282 valence electrons. The molecule has 3 aliphatic rings. The van der Waals surface area contributed by atoms with Crippen LogP contribution in [0.3, 0.4) is 0 Å². The van der Waals surface area contributed by atoms with E-state index in [1.807, 2.05) is 18.2 Å². The van der Waals surface area contributed by atoms with Crippen molar-refractivity contribution in [1.29, 1.82) is 0 Å². The van der Waals surface area contributed by atoms with Gasteiger partial charge in [0.15, 0.2) is 12.3 Å². The first-order valence-electron chi connectivity index (χ1n) is 19.5. The number of allylic oxidation sites excluding steroid dienone is 7. The van der Waals surface area contributed by atoms with E-state index in [9.17, 15) is 19.8 Å². The molecule has 2 heterocycles. The number of anilines is 2. The van der Waals surface area contributed by atoms with E-state index in [1.54, 1.807) is 0 Å². The molecule has 7 heteroatoms. The van der Waals surface area contributed by atoms with Crippen LogP contribution in [0.4, 0.5) is 17.1 Å². The summed E-state index contributed by atoms with van der Waals surface area (Å²) in [5, 5.41) is 27.9. The first-order chi connectivity index (χ1) is 26.9. The molecule has 5 aromatic rings. The predicted octanol–water partition coefficient (Wildman–Crippen LogP) is 10.6. The second kappa shape index (κ2) is 14.5. The third kappa shape index (κ3) is 6.51. The molecule has 0 fully saturated rings. The van der Waals surface area contributed by atoms with Crippen LogP contribution in [0.15, 0.2) is 150 Å². The fraction of sp³-hybridized carbons (Fsp3) is 0.245. The van der Waals surface area contributed by atoms with Crippen molar-refractivity contribution in [3.8, 4) is 0 Å². The molecule has 0 unspecified atom stereocenters. The average Bonchev–Trinajstić information content (AvgIpc) is 3.74. The lowest BCUT2D eigenvalue weighted by atomic mass is 9.79. The molecule has 2 aliphatic heterocycles. The summed E-state index contributed by atoms with van der Waals surface area (Å²) in [5.41, 5.74) is 10.4. The van der Waals surface area contributed by atoms with Gasteiger partial charge >= 0.3 is 11.9 Å². The molecule has 3 N–H and O–H groups in total. The number of nitrogens with one attached hydrogen (secondary N) is 1. The second-order valence-electron chi connectivity index (χ2n) is 16.1. The minimum absolute atomic E-state index is 0.0320. The Morgan fingerprint density at radius 2 is 1.36 bits per heavy atom. The molecular formula is C49H48N3O4+. The average molecular weight is 743 g/mol. The van der Waals surface area contributed by atoms with E-state index in [2.05, 4.69) is 152 Å². The van der Waals surface area contributed by atoms with Gasteiger partial charge in [-0.15, -0.1) is 0 Å². The van der Waals surface area contributed by atoms with Gasteiger partial charge in [-0.05, 0) is 95.3 Å². The first-order valence-corrected chi connectivity index (χ1v) is 19.5. The largest absolute Gasteiger partial charge is 0.481 e. The number of nitrogens with zero attached hydrogens (tertiary/aromatic N) is 2. The van der Waals surface area contributed by atoms with Gasteiger partial charge in [-0.1, -0.05) is 98.8 Å². The highest BCUT2D eigenvalue weighted by molar-refractivity contribution is 6.08. The number of hydrogen-bond acceptors (Lipinski definition) is 4. The Morgan fingerprint density at radius 3 is 2.05 bits per heavy atom. The van der Waals surface area contributed by atoms with Crippen molar-refractivity contribution in [2.24, 2.45) is 0 Å². The van der Waals surface area contributed by atoms with Gasteiger partial charge in [0.25, 0.3) is 0 Å². The number of benzene rings is 5. The summed E-state index contributed by atoms with van der Waals surface area (Å²) in [6, 6.07) is 35.6. The van der Waals surface area contributed by atoms with Crippen LogP contribution in [-0.4, -0.2) is 45.5 Å². The van der Waals surface area contributed by atoms with Gasteiger partial charge in [0.05, 0.1) is 11.8 Å². The third-order valence-electron chi connectivity index (χ3n) is 11.8. The quantitative estimate of drug-likeness (QED) is 0.117. The van der Waals surface area contributed by atoms with Crippen molar-refractivity contribution >= 4 is 56.3 Å². The fourth-order valence-electron chi connectivity index (χ4n) is 9.21. The molecule has 0 saturated carbocycles. The zero-order valence-corrected chi connectivity index (χ0v) is 32.5. The van der Waals surface area contributed by atoms with Crippen LogP contribution in [0.5, 0.6) is 0 Å². The van der Waals surface area contributed by atoms with E-state index in [4.69, 9.17) is 0 Å². The lowest BCUT2D eigenvalue weighted by molar-refractivity contribution is -0.436. The summed E-state index contributed by atoms with van der Waals surface area (Å²) in [6.45, 7) is 9.71. The highest BCUT2D eigenvalue weighted by atomic mass is 16.4. The number of carboxylic acid groups (broad SMARTS) is 2. The highest BCUT2D eigenvalue weighted by Crippen LogP contribution is 2.51. The van der Waals surface area contributed by atoms with Crippen LogP contribution in [0, 0.1) is 0 Å². The van der Waals surface area contributed by atoms with Crippen LogP contribution in [0.2, 0.25) is 0 Å². The number of fused-ring (bicyclic) bond motifs is 6. The molecule has 0 spiro atoms. The summed E-state index contributed by atoms with van der Waals surface area (Å²) in [6.07, 6.45) is 10.6. The van der Waals surface area contributed by atoms with Crippen molar-refractivity contribution < 1.29 is 24.4 Å². The number of carbonyl (C=O) groups is 2. The zero-order valence-electron chi connectivity index (χ0n) is 32.5. The summed E-state index contributed by atoms with van der Waals surface area (Å²) >= 11 is 0. The van der Waals surface area contributed by atoms with E-state index in [0.717, 1.165) is 47.0 Å². The van der Waals surface area contributed by atoms with Gasteiger partial charge < -0.3 is 20.4 Å². The van der Waals surface area contributed by atoms with E-state index >= 15 is 0 Å². The van der Waals surface area contributed by atoms with Gasteiger partial charge in [0, 0.05) is 52.4 Å². The number of rotatable bonds is 11. The smallest absolute Gasteiger partial charge is 0.309 e. The number of para-hydroxylation sites is 1. The monoisotopic (exact) mass is 742 g/mol. The molecular weight excluding hydrogens is 695 g/mol. The second-order valence-corrected chi connectivity index (χ2v) is 16.1. The SMILES string of the molecule is CC1(C)C(/C=C/C2=C(Nc3ccccc3)C(=C/C=C3/N(CCC(=O)O)c4ccc5ccccc5c4C3(C)C)/CC2)=[N+](CCC(=O)O)c2ccc3ccccc3c21. The van der Waals surface area contributed by atoms with Gasteiger partial charge in [-0.2, -0.15) is 4.58 Å². The summed E-state index contributed by atoms with van der Waals surface area (Å²) in [5.74, 6) is -1.64. The Hall–Kier alpha value is -6.21. The maximum absolute atomic E-state index is 11.9. The lowest BCUT2D eigenvalue weighted by Crippen LogP contribution is -2.28. The van der Waals surface area contributed by atoms with Gasteiger partial charge in [-0.3, -0.25) is 9.59 Å². The fourth-order valence-corrected chi connectivity index (χ4v) is 9.21. The molecule has 0 atom stereocenters. The Balaban J connectivity index is 1.23. The molecule has 0 saturated heterocycles. The van der Waals surface area contributed by atoms with Crippen molar-refractivity contribution in [3.05, 3.63) is 161 Å². The molecule has 0 radical (unpaired) electrons. The number of aliphatic carboxylic acids is 2. The van der Waals surface area contributed by atoms with Crippen LogP contribution in [0.25, 0.3) is 21.5 Å².